The Kier molecular flexibility index (Phi) is 3.90. The molecule has 24 heavy (non-hydrogen) atoms. The van der Waals surface area contributed by atoms with Crippen LogP contribution in [0.25, 0.3) is 10.6 Å². The molecule has 0 saturated heterocycles. The number of hydrogen-bond acceptors (Lipinski definition) is 4. The number of nitrogens with zero attached hydrogens (tertiary/aromatic N) is 2. The summed E-state index contributed by atoms with van der Waals surface area (Å²) in [4.78, 5) is 15.8. The lowest BCUT2D eigenvalue weighted by Gasteiger charge is -2.28. The molecule has 122 valence electrons. The van der Waals surface area contributed by atoms with Crippen LogP contribution in [-0.2, 0) is 6.42 Å². The van der Waals surface area contributed by atoms with Gasteiger partial charge in [-0.3, -0.25) is 9.89 Å². The molecule has 3 aromatic rings. The second-order valence-electron chi connectivity index (χ2n) is 5.42. The highest BCUT2D eigenvalue weighted by Gasteiger charge is 2.33. The predicted octanol–water partition coefficient (Wildman–Crippen LogP) is 4.20. The Labute approximate surface area is 146 Å². The lowest BCUT2D eigenvalue weighted by atomic mass is 10.00. The Bertz CT molecular complexity index is 905. The van der Waals surface area contributed by atoms with Crippen LogP contribution >= 0.6 is 23.1 Å². The summed E-state index contributed by atoms with van der Waals surface area (Å²) in [5, 5.41) is 7.08. The second kappa shape index (κ2) is 6.07. The molecule has 1 amide bonds. The van der Waals surface area contributed by atoms with Crippen molar-refractivity contribution in [1.82, 2.24) is 10.2 Å². The molecule has 0 bridgehead atoms. The SMILES string of the molecule is CSc1sc(-c2cc[nH]n2)c2c1C(=O)N(c1cccc(F)c1)CC2. The molecule has 0 atom stereocenters. The molecule has 0 unspecified atom stereocenters. The lowest BCUT2D eigenvalue weighted by molar-refractivity contribution is 0.0978. The number of fused-ring (bicyclic) bond motifs is 1. The van der Waals surface area contributed by atoms with Gasteiger partial charge in [0.25, 0.3) is 5.91 Å². The molecule has 0 spiro atoms. The minimum Gasteiger partial charge on any atom is -0.308 e. The van der Waals surface area contributed by atoms with E-state index in [1.54, 1.807) is 46.3 Å². The Morgan fingerprint density at radius 2 is 2.25 bits per heavy atom. The predicted molar refractivity (Wildman–Crippen MR) is 95.5 cm³/mol. The number of nitrogens with one attached hydrogen (secondary N) is 1. The molecular weight excluding hydrogens is 345 g/mol. The average Bonchev–Trinajstić information content (AvgIpc) is 3.22. The maximum atomic E-state index is 13.5. The van der Waals surface area contributed by atoms with Gasteiger partial charge in [0.1, 0.15) is 11.5 Å². The van der Waals surface area contributed by atoms with Crippen molar-refractivity contribution in [3.05, 3.63) is 53.5 Å². The van der Waals surface area contributed by atoms with Gasteiger partial charge in [-0.25, -0.2) is 4.39 Å². The second-order valence-corrected chi connectivity index (χ2v) is 7.52. The number of thiophene rings is 1. The topological polar surface area (TPSA) is 49.0 Å². The molecule has 1 aliphatic rings. The number of aromatic amines is 1. The number of H-pyrrole nitrogens is 1. The van der Waals surface area contributed by atoms with Crippen molar-refractivity contribution >= 4 is 34.7 Å². The number of halogens is 1. The molecule has 1 aliphatic heterocycles. The van der Waals surface area contributed by atoms with Crippen LogP contribution in [0.4, 0.5) is 10.1 Å². The van der Waals surface area contributed by atoms with Crippen LogP contribution in [0.3, 0.4) is 0 Å². The van der Waals surface area contributed by atoms with Gasteiger partial charge in [0.05, 0.1) is 14.6 Å². The summed E-state index contributed by atoms with van der Waals surface area (Å²) < 4.78 is 14.5. The van der Waals surface area contributed by atoms with E-state index in [1.165, 1.54) is 12.1 Å². The molecule has 1 N–H and O–H groups in total. The number of benzene rings is 1. The van der Waals surface area contributed by atoms with E-state index in [-0.39, 0.29) is 11.7 Å². The highest BCUT2D eigenvalue weighted by Crippen LogP contribution is 2.43. The van der Waals surface area contributed by atoms with Crippen molar-refractivity contribution in [3.63, 3.8) is 0 Å². The van der Waals surface area contributed by atoms with Crippen molar-refractivity contribution in [1.29, 1.82) is 0 Å². The highest BCUT2D eigenvalue weighted by molar-refractivity contribution is 8.00. The van der Waals surface area contributed by atoms with Gasteiger partial charge < -0.3 is 4.90 Å². The fourth-order valence-electron chi connectivity index (χ4n) is 2.98. The number of rotatable bonds is 3. The van der Waals surface area contributed by atoms with Crippen molar-refractivity contribution in [2.75, 3.05) is 17.7 Å². The fraction of sp³-hybridized carbons (Fsp3) is 0.176. The zero-order valence-corrected chi connectivity index (χ0v) is 14.5. The van der Waals surface area contributed by atoms with Crippen LogP contribution in [0, 0.1) is 5.82 Å². The molecule has 0 radical (unpaired) electrons. The number of thioether (sulfide) groups is 1. The molecule has 0 aliphatic carbocycles. The van der Waals surface area contributed by atoms with Crippen LogP contribution in [0.1, 0.15) is 15.9 Å². The summed E-state index contributed by atoms with van der Waals surface area (Å²) in [6.45, 7) is 0.539. The van der Waals surface area contributed by atoms with Gasteiger partial charge in [0.2, 0.25) is 0 Å². The highest BCUT2D eigenvalue weighted by atomic mass is 32.2. The maximum absolute atomic E-state index is 13.5. The number of aromatic nitrogens is 2. The van der Waals surface area contributed by atoms with Crippen molar-refractivity contribution in [2.45, 2.75) is 10.6 Å². The first kappa shape index (κ1) is 15.4. The van der Waals surface area contributed by atoms with Gasteiger partial charge in [-0.05, 0) is 42.5 Å². The molecule has 7 heteroatoms. The summed E-state index contributed by atoms with van der Waals surface area (Å²) in [6, 6.07) is 8.11. The van der Waals surface area contributed by atoms with Crippen molar-refractivity contribution in [2.24, 2.45) is 0 Å². The zero-order valence-electron chi connectivity index (χ0n) is 12.9. The molecular formula is C17H14FN3OS2. The minimum atomic E-state index is -0.335. The summed E-state index contributed by atoms with van der Waals surface area (Å²) in [5.41, 5.74) is 3.25. The number of anilines is 1. The average molecular weight is 359 g/mol. The van der Waals surface area contributed by atoms with Gasteiger partial charge in [0, 0.05) is 18.4 Å². The third kappa shape index (κ3) is 2.44. The first-order valence-corrected chi connectivity index (χ1v) is 9.50. The van der Waals surface area contributed by atoms with E-state index in [0.717, 1.165) is 32.3 Å². The van der Waals surface area contributed by atoms with E-state index in [1.807, 2.05) is 12.3 Å². The summed E-state index contributed by atoms with van der Waals surface area (Å²) >= 11 is 3.16. The Balaban J connectivity index is 1.80. The van der Waals surface area contributed by atoms with Crippen LogP contribution in [0.15, 0.2) is 40.7 Å². The van der Waals surface area contributed by atoms with E-state index < -0.39 is 0 Å². The number of carbonyl (C=O) groups is 1. The third-order valence-corrected chi connectivity index (χ3v) is 6.43. The molecule has 0 fully saturated rings. The lowest BCUT2D eigenvalue weighted by Crippen LogP contribution is -2.37. The largest absolute Gasteiger partial charge is 0.308 e. The number of carbonyl (C=O) groups excluding carboxylic acids is 1. The number of amides is 1. The molecule has 2 aromatic heterocycles. The standard InChI is InChI=1S/C17H14FN3OS2/c1-23-17-14-12(15(24-17)13-5-7-19-20-13)6-8-21(16(14)22)11-4-2-3-10(18)9-11/h2-5,7,9H,6,8H2,1H3,(H,19,20). The first-order chi connectivity index (χ1) is 11.7. The summed E-state index contributed by atoms with van der Waals surface area (Å²) in [6.07, 6.45) is 4.48. The van der Waals surface area contributed by atoms with Gasteiger partial charge >= 0.3 is 0 Å². The van der Waals surface area contributed by atoms with Gasteiger partial charge in [0.15, 0.2) is 0 Å². The normalized spacial score (nSPS) is 14.1. The van der Waals surface area contributed by atoms with Gasteiger partial charge in [-0.1, -0.05) is 6.07 Å². The zero-order chi connectivity index (χ0) is 16.7. The third-order valence-electron chi connectivity index (χ3n) is 4.06. The quantitative estimate of drug-likeness (QED) is 0.713. The van der Waals surface area contributed by atoms with Crippen molar-refractivity contribution in [3.8, 4) is 10.6 Å². The van der Waals surface area contributed by atoms with E-state index >= 15 is 0 Å². The Morgan fingerprint density at radius 1 is 1.38 bits per heavy atom. The Morgan fingerprint density at radius 3 is 2.96 bits per heavy atom. The summed E-state index contributed by atoms with van der Waals surface area (Å²) in [7, 11) is 0. The van der Waals surface area contributed by atoms with Crippen LogP contribution in [0.5, 0.6) is 0 Å². The van der Waals surface area contributed by atoms with E-state index in [9.17, 15) is 9.18 Å². The maximum Gasteiger partial charge on any atom is 0.260 e. The van der Waals surface area contributed by atoms with Crippen LogP contribution in [0.2, 0.25) is 0 Å². The number of hydrogen-bond donors (Lipinski definition) is 1. The molecule has 1 aromatic carbocycles. The summed E-state index contributed by atoms with van der Waals surface area (Å²) in [5.74, 6) is -0.400. The van der Waals surface area contributed by atoms with Crippen molar-refractivity contribution < 1.29 is 9.18 Å². The van der Waals surface area contributed by atoms with Crippen LogP contribution < -0.4 is 4.90 Å². The van der Waals surface area contributed by atoms with E-state index in [4.69, 9.17) is 0 Å². The first-order valence-electron chi connectivity index (χ1n) is 7.46. The van der Waals surface area contributed by atoms with Crippen LogP contribution in [-0.4, -0.2) is 28.9 Å². The molecule has 0 saturated carbocycles. The Hall–Kier alpha value is -2.12. The molecule has 4 rings (SSSR count). The van der Waals surface area contributed by atoms with E-state index in [2.05, 4.69) is 10.2 Å². The molecule has 4 nitrogen and oxygen atoms in total. The van der Waals surface area contributed by atoms with E-state index in [0.29, 0.717) is 12.2 Å². The fourth-order valence-corrected chi connectivity index (χ4v) is 5.03. The monoisotopic (exact) mass is 359 g/mol. The van der Waals surface area contributed by atoms with Gasteiger partial charge in [-0.2, -0.15) is 5.10 Å². The van der Waals surface area contributed by atoms with Gasteiger partial charge in [-0.15, -0.1) is 23.1 Å². The minimum absolute atomic E-state index is 0.0655. The smallest absolute Gasteiger partial charge is 0.260 e. The molecule has 3 heterocycles.